The van der Waals surface area contributed by atoms with Gasteiger partial charge >= 0.3 is 6.85 Å². The Labute approximate surface area is 272 Å². The molecule has 1 aromatic heterocycles. The van der Waals surface area contributed by atoms with Gasteiger partial charge in [-0.1, -0.05) is 121 Å². The highest BCUT2D eigenvalue weighted by molar-refractivity contribution is 6.91. The molecule has 216 valence electrons. The van der Waals surface area contributed by atoms with Crippen LogP contribution in [0.3, 0.4) is 0 Å². The van der Waals surface area contributed by atoms with E-state index in [1.807, 2.05) is 0 Å². The van der Waals surface area contributed by atoms with Gasteiger partial charge in [0.25, 0.3) is 0 Å². The van der Waals surface area contributed by atoms with Gasteiger partial charge in [0.1, 0.15) is 0 Å². The maximum atomic E-state index is 2.65. The van der Waals surface area contributed by atoms with E-state index in [1.165, 1.54) is 93.6 Å². The normalized spacial score (nSPS) is 13.0. The molecular formula is C44H27BN2. The average molecular weight is 595 g/mol. The van der Waals surface area contributed by atoms with Gasteiger partial charge in [-0.2, -0.15) is 0 Å². The predicted molar refractivity (Wildman–Crippen MR) is 200 cm³/mol. The highest BCUT2D eigenvalue weighted by atomic mass is 15.2. The number of hydrogen-bond acceptors (Lipinski definition) is 1. The number of para-hydroxylation sites is 2. The zero-order chi connectivity index (χ0) is 30.6. The number of hydrogen-bond donors (Lipinski definition) is 0. The maximum absolute atomic E-state index is 2.65. The fourth-order valence-corrected chi connectivity index (χ4v) is 8.56. The summed E-state index contributed by atoms with van der Waals surface area (Å²) in [5.74, 6) is 0. The molecular weight excluding hydrogens is 567 g/mol. The summed E-state index contributed by atoms with van der Waals surface area (Å²) in [5.41, 5.74) is 14.1. The van der Waals surface area contributed by atoms with Crippen LogP contribution in [0.1, 0.15) is 0 Å². The minimum absolute atomic E-state index is 0.0261. The summed E-state index contributed by atoms with van der Waals surface area (Å²) in [6.07, 6.45) is 0. The van der Waals surface area contributed by atoms with Gasteiger partial charge in [-0.3, -0.25) is 0 Å². The Morgan fingerprint density at radius 1 is 0.404 bits per heavy atom. The zero-order valence-corrected chi connectivity index (χ0v) is 25.6. The van der Waals surface area contributed by atoms with E-state index in [0.29, 0.717) is 0 Å². The molecule has 47 heavy (non-hydrogen) atoms. The lowest BCUT2D eigenvalue weighted by Crippen LogP contribution is -2.56. The van der Waals surface area contributed by atoms with Gasteiger partial charge in [0, 0.05) is 44.4 Å². The van der Waals surface area contributed by atoms with E-state index in [0.717, 1.165) is 0 Å². The third kappa shape index (κ3) is 3.35. The highest BCUT2D eigenvalue weighted by Crippen LogP contribution is 2.46. The summed E-state index contributed by atoms with van der Waals surface area (Å²) in [6, 6.07) is 60.7. The fourth-order valence-electron chi connectivity index (χ4n) is 8.56. The molecule has 2 nitrogen and oxygen atoms in total. The second-order valence-corrected chi connectivity index (χ2v) is 12.9. The van der Waals surface area contributed by atoms with Crippen molar-refractivity contribution in [2.45, 2.75) is 0 Å². The SMILES string of the molecule is c1ccc(-c2ccc(N3c4cccc5c4B(c4c3ccc3cc6ccccc6cc43)n3c4ccccc4c4cccc-5c43)cc2)cc1. The number of benzene rings is 8. The van der Waals surface area contributed by atoms with Crippen LogP contribution in [0.5, 0.6) is 0 Å². The highest BCUT2D eigenvalue weighted by Gasteiger charge is 2.43. The lowest BCUT2D eigenvalue weighted by Gasteiger charge is -2.41. The molecule has 0 aliphatic carbocycles. The van der Waals surface area contributed by atoms with Crippen LogP contribution in [0, 0.1) is 0 Å². The second-order valence-electron chi connectivity index (χ2n) is 12.9. The van der Waals surface area contributed by atoms with Gasteiger partial charge in [-0.25, -0.2) is 0 Å². The van der Waals surface area contributed by atoms with E-state index in [-0.39, 0.29) is 6.85 Å². The van der Waals surface area contributed by atoms with Crippen molar-refractivity contribution in [3.8, 4) is 22.3 Å². The van der Waals surface area contributed by atoms with Gasteiger partial charge < -0.3 is 9.38 Å². The molecule has 2 aliphatic heterocycles. The first kappa shape index (κ1) is 25.2. The molecule has 0 radical (unpaired) electrons. The van der Waals surface area contributed by atoms with Crippen molar-refractivity contribution in [2.24, 2.45) is 0 Å². The van der Waals surface area contributed by atoms with Crippen molar-refractivity contribution in [1.82, 2.24) is 4.48 Å². The van der Waals surface area contributed by atoms with Crippen molar-refractivity contribution in [1.29, 1.82) is 0 Å². The Hall–Kier alpha value is -6.06. The summed E-state index contributed by atoms with van der Waals surface area (Å²) >= 11 is 0. The maximum Gasteiger partial charge on any atom is 0.333 e. The molecule has 0 atom stereocenters. The van der Waals surface area contributed by atoms with Crippen LogP contribution in [0.4, 0.5) is 17.1 Å². The largest absolute Gasteiger partial charge is 0.375 e. The van der Waals surface area contributed by atoms with Crippen LogP contribution in [0.15, 0.2) is 164 Å². The van der Waals surface area contributed by atoms with Crippen molar-refractivity contribution in [2.75, 3.05) is 4.90 Å². The first-order valence-corrected chi connectivity index (χ1v) is 16.4. The van der Waals surface area contributed by atoms with Crippen molar-refractivity contribution in [3.63, 3.8) is 0 Å². The Morgan fingerprint density at radius 3 is 1.96 bits per heavy atom. The van der Waals surface area contributed by atoms with Crippen LogP contribution >= 0.6 is 0 Å². The van der Waals surface area contributed by atoms with E-state index in [1.54, 1.807) is 0 Å². The first-order valence-electron chi connectivity index (χ1n) is 16.4. The molecule has 0 bridgehead atoms. The van der Waals surface area contributed by atoms with Crippen LogP contribution in [-0.2, 0) is 0 Å². The number of aromatic nitrogens is 1. The van der Waals surface area contributed by atoms with E-state index in [2.05, 4.69) is 173 Å². The van der Waals surface area contributed by atoms with Crippen molar-refractivity contribution >= 4 is 78.2 Å². The lowest BCUT2D eigenvalue weighted by molar-refractivity contribution is 1.26. The minimum Gasteiger partial charge on any atom is -0.375 e. The molecule has 3 heterocycles. The van der Waals surface area contributed by atoms with E-state index in [4.69, 9.17) is 0 Å². The van der Waals surface area contributed by atoms with E-state index < -0.39 is 0 Å². The third-order valence-corrected chi connectivity index (χ3v) is 10.5. The molecule has 0 unspecified atom stereocenters. The van der Waals surface area contributed by atoms with Crippen LogP contribution < -0.4 is 15.8 Å². The Balaban J connectivity index is 1.27. The number of fused-ring (bicyclic) bond motifs is 10. The van der Waals surface area contributed by atoms with Crippen LogP contribution in [0.25, 0.3) is 65.6 Å². The molecule has 2 aliphatic rings. The monoisotopic (exact) mass is 594 g/mol. The summed E-state index contributed by atoms with van der Waals surface area (Å²) in [6.45, 7) is 0.0261. The molecule has 9 aromatic rings. The summed E-state index contributed by atoms with van der Waals surface area (Å²) in [4.78, 5) is 2.50. The topological polar surface area (TPSA) is 8.17 Å². The smallest absolute Gasteiger partial charge is 0.333 e. The number of anilines is 3. The van der Waals surface area contributed by atoms with E-state index >= 15 is 0 Å². The standard InChI is InChI=1S/C44H27BN2/c1-2-10-28(11-3-1)29-20-23-33(24-21-29)46-40-19-9-15-35-37-17-8-16-36-34-14-6-7-18-39(34)47(44(36)37)45(42(35)40)43-38-27-31-13-5-4-12-30(31)26-32(38)22-25-41(43)46/h1-27H. The molecule has 0 saturated heterocycles. The van der Waals surface area contributed by atoms with Gasteiger partial charge in [0.05, 0.1) is 0 Å². The lowest BCUT2D eigenvalue weighted by atomic mass is 9.44. The average Bonchev–Trinajstić information content (AvgIpc) is 3.48. The molecule has 3 heteroatoms. The Bertz CT molecular complexity index is 2740. The van der Waals surface area contributed by atoms with Crippen molar-refractivity contribution in [3.05, 3.63) is 164 Å². The van der Waals surface area contributed by atoms with Crippen LogP contribution in [-0.4, -0.2) is 11.3 Å². The Kier molecular flexibility index (Phi) is 4.95. The summed E-state index contributed by atoms with van der Waals surface area (Å²) in [7, 11) is 0. The fraction of sp³-hybridized carbons (Fsp3) is 0. The Morgan fingerprint density at radius 2 is 1.09 bits per heavy atom. The van der Waals surface area contributed by atoms with Crippen molar-refractivity contribution < 1.29 is 0 Å². The molecule has 0 N–H and O–H groups in total. The molecule has 0 spiro atoms. The van der Waals surface area contributed by atoms with Gasteiger partial charge in [-0.05, 0) is 91.6 Å². The predicted octanol–water partition coefficient (Wildman–Crippen LogP) is 10.2. The van der Waals surface area contributed by atoms with Crippen LogP contribution in [0.2, 0.25) is 0 Å². The van der Waals surface area contributed by atoms with E-state index in [9.17, 15) is 0 Å². The van der Waals surface area contributed by atoms with Gasteiger partial charge in [0.2, 0.25) is 0 Å². The summed E-state index contributed by atoms with van der Waals surface area (Å²) in [5, 5.41) is 7.75. The first-order chi connectivity index (χ1) is 23.3. The number of rotatable bonds is 2. The van der Waals surface area contributed by atoms with Gasteiger partial charge in [0.15, 0.2) is 0 Å². The minimum atomic E-state index is 0.0261. The molecule has 11 rings (SSSR count). The number of nitrogens with zero attached hydrogens (tertiary/aromatic N) is 2. The summed E-state index contributed by atoms with van der Waals surface area (Å²) < 4.78 is 2.65. The molecule has 0 amide bonds. The third-order valence-electron chi connectivity index (χ3n) is 10.5. The molecule has 0 fully saturated rings. The molecule has 0 saturated carbocycles. The quantitative estimate of drug-likeness (QED) is 0.143. The molecule has 8 aromatic carbocycles. The zero-order valence-electron chi connectivity index (χ0n) is 25.6. The van der Waals surface area contributed by atoms with Gasteiger partial charge in [-0.15, -0.1) is 0 Å². The second kappa shape index (κ2) is 9.25.